The Kier molecular flexibility index (Phi) is 8.10. The van der Waals surface area contributed by atoms with Crippen molar-refractivity contribution in [1.29, 1.82) is 0 Å². The number of carbonyl (C=O) groups excluding carboxylic acids is 3. The van der Waals surface area contributed by atoms with Crippen LogP contribution < -0.4 is 0 Å². The third kappa shape index (κ3) is 5.79. The summed E-state index contributed by atoms with van der Waals surface area (Å²) in [4.78, 5) is 38.9. The molecule has 0 N–H and O–H groups in total. The van der Waals surface area contributed by atoms with Gasteiger partial charge >= 0.3 is 17.9 Å². The van der Waals surface area contributed by atoms with E-state index in [1.54, 1.807) is 97.9 Å². The summed E-state index contributed by atoms with van der Waals surface area (Å²) >= 11 is 0. The molecule has 0 unspecified atom stereocenters. The minimum Gasteiger partial charge on any atom is -0.452 e. The van der Waals surface area contributed by atoms with Gasteiger partial charge in [-0.2, -0.15) is 0 Å². The predicted octanol–water partition coefficient (Wildman–Crippen LogP) is 4.05. The van der Waals surface area contributed by atoms with Crippen LogP contribution in [0.1, 0.15) is 38.0 Å². The van der Waals surface area contributed by atoms with E-state index in [2.05, 4.69) is 0 Å². The van der Waals surface area contributed by atoms with Gasteiger partial charge in [-0.3, -0.25) is 0 Å². The standard InChI is InChI=1S/C28H26O8/c1-18-22(34-25(29)19-12-6-3-7-13-19)23(35-26(30)20-14-8-4-9-15-20)24(28(32-2)33-18)36-27(31)21-16-10-5-11-17-21/h3-18,22-24,28H,1-2H3/t18-,22-,23-,24-,28+/m0/s1. The molecular formula is C28H26O8. The maximum absolute atomic E-state index is 13.0. The number of rotatable bonds is 7. The van der Waals surface area contributed by atoms with E-state index in [1.807, 2.05) is 0 Å². The smallest absolute Gasteiger partial charge is 0.338 e. The highest BCUT2D eigenvalue weighted by Gasteiger charge is 2.51. The van der Waals surface area contributed by atoms with Gasteiger partial charge in [0.15, 0.2) is 24.6 Å². The second-order valence-corrected chi connectivity index (χ2v) is 8.15. The van der Waals surface area contributed by atoms with Gasteiger partial charge in [-0.1, -0.05) is 54.6 Å². The van der Waals surface area contributed by atoms with Crippen molar-refractivity contribution in [2.24, 2.45) is 0 Å². The van der Waals surface area contributed by atoms with Gasteiger partial charge in [-0.05, 0) is 43.3 Å². The summed E-state index contributed by atoms with van der Waals surface area (Å²) in [5, 5.41) is 0. The highest BCUT2D eigenvalue weighted by Crippen LogP contribution is 2.30. The van der Waals surface area contributed by atoms with Crippen LogP contribution in [-0.4, -0.2) is 55.7 Å². The van der Waals surface area contributed by atoms with Crippen molar-refractivity contribution in [2.45, 2.75) is 37.6 Å². The minimum absolute atomic E-state index is 0.284. The molecular weight excluding hydrogens is 464 g/mol. The second kappa shape index (κ2) is 11.6. The van der Waals surface area contributed by atoms with Gasteiger partial charge in [-0.15, -0.1) is 0 Å². The van der Waals surface area contributed by atoms with Crippen molar-refractivity contribution in [3.05, 3.63) is 108 Å². The molecule has 186 valence electrons. The maximum Gasteiger partial charge on any atom is 0.338 e. The largest absolute Gasteiger partial charge is 0.452 e. The molecule has 1 fully saturated rings. The zero-order valence-electron chi connectivity index (χ0n) is 19.8. The van der Waals surface area contributed by atoms with E-state index in [-0.39, 0.29) is 11.1 Å². The van der Waals surface area contributed by atoms with E-state index in [0.29, 0.717) is 5.56 Å². The van der Waals surface area contributed by atoms with Gasteiger partial charge in [-0.25, -0.2) is 14.4 Å². The lowest BCUT2D eigenvalue weighted by molar-refractivity contribution is -0.283. The molecule has 3 aromatic rings. The Bertz CT molecular complexity index is 1170. The van der Waals surface area contributed by atoms with Gasteiger partial charge in [0.1, 0.15) is 0 Å². The second-order valence-electron chi connectivity index (χ2n) is 8.15. The third-order valence-corrected chi connectivity index (χ3v) is 5.72. The molecule has 8 nitrogen and oxygen atoms in total. The zero-order chi connectivity index (χ0) is 25.5. The Labute approximate surface area is 208 Å². The molecule has 5 atom stereocenters. The summed E-state index contributed by atoms with van der Waals surface area (Å²) in [6.45, 7) is 1.66. The Morgan fingerprint density at radius 2 is 0.944 bits per heavy atom. The fraction of sp³-hybridized carbons (Fsp3) is 0.250. The Balaban J connectivity index is 1.66. The van der Waals surface area contributed by atoms with Crippen LogP contribution in [0.25, 0.3) is 0 Å². The first-order valence-electron chi connectivity index (χ1n) is 11.4. The molecule has 8 heteroatoms. The van der Waals surface area contributed by atoms with Crippen molar-refractivity contribution < 1.29 is 38.1 Å². The van der Waals surface area contributed by atoms with Crippen LogP contribution >= 0.6 is 0 Å². The van der Waals surface area contributed by atoms with Crippen molar-refractivity contribution in [3.8, 4) is 0 Å². The van der Waals surface area contributed by atoms with Crippen molar-refractivity contribution in [1.82, 2.24) is 0 Å². The molecule has 1 saturated heterocycles. The molecule has 1 heterocycles. The van der Waals surface area contributed by atoms with E-state index in [1.165, 1.54) is 7.11 Å². The highest BCUT2D eigenvalue weighted by atomic mass is 16.7. The molecule has 0 aromatic heterocycles. The maximum atomic E-state index is 13.0. The molecule has 1 aliphatic rings. The van der Waals surface area contributed by atoms with Crippen molar-refractivity contribution in [2.75, 3.05) is 7.11 Å². The number of ether oxygens (including phenoxy) is 5. The fourth-order valence-electron chi connectivity index (χ4n) is 3.88. The number of benzene rings is 3. The summed E-state index contributed by atoms with van der Waals surface area (Å²) in [6, 6.07) is 25.1. The van der Waals surface area contributed by atoms with Crippen LogP contribution in [0.2, 0.25) is 0 Å². The Hall–Kier alpha value is -4.01. The molecule has 36 heavy (non-hydrogen) atoms. The summed E-state index contributed by atoms with van der Waals surface area (Å²) < 4.78 is 28.6. The normalized spacial score (nSPS) is 23.3. The van der Waals surface area contributed by atoms with Crippen LogP contribution in [-0.2, 0) is 23.7 Å². The van der Waals surface area contributed by atoms with Crippen LogP contribution in [0.5, 0.6) is 0 Å². The summed E-state index contributed by atoms with van der Waals surface area (Å²) in [6.07, 6.45) is -5.35. The van der Waals surface area contributed by atoms with Gasteiger partial charge < -0.3 is 23.7 Å². The van der Waals surface area contributed by atoms with Crippen LogP contribution in [0.4, 0.5) is 0 Å². The van der Waals surface area contributed by atoms with E-state index in [0.717, 1.165) is 0 Å². The fourth-order valence-corrected chi connectivity index (χ4v) is 3.88. The third-order valence-electron chi connectivity index (χ3n) is 5.72. The van der Waals surface area contributed by atoms with Crippen molar-refractivity contribution in [3.63, 3.8) is 0 Å². The molecule has 0 radical (unpaired) electrons. The number of esters is 3. The highest BCUT2D eigenvalue weighted by molar-refractivity contribution is 5.91. The van der Waals surface area contributed by atoms with E-state index >= 15 is 0 Å². The van der Waals surface area contributed by atoms with Gasteiger partial charge in [0.05, 0.1) is 22.8 Å². The average Bonchev–Trinajstić information content (AvgIpc) is 2.93. The lowest BCUT2D eigenvalue weighted by atomic mass is 9.98. The van der Waals surface area contributed by atoms with E-state index in [4.69, 9.17) is 23.7 Å². The quantitative estimate of drug-likeness (QED) is 0.361. The average molecular weight is 491 g/mol. The summed E-state index contributed by atoms with van der Waals surface area (Å²) in [7, 11) is 1.38. The number of hydrogen-bond donors (Lipinski definition) is 0. The lowest BCUT2D eigenvalue weighted by Gasteiger charge is -2.43. The zero-order valence-corrected chi connectivity index (χ0v) is 19.8. The van der Waals surface area contributed by atoms with E-state index in [9.17, 15) is 14.4 Å². The predicted molar refractivity (Wildman–Crippen MR) is 128 cm³/mol. The van der Waals surface area contributed by atoms with Gasteiger partial charge in [0, 0.05) is 7.11 Å². The molecule has 3 aromatic carbocycles. The first-order chi connectivity index (χ1) is 17.5. The molecule has 0 bridgehead atoms. The van der Waals surface area contributed by atoms with Crippen LogP contribution in [0.15, 0.2) is 91.0 Å². The summed E-state index contributed by atoms with van der Waals surface area (Å²) in [5.74, 6) is -1.98. The molecule has 0 aliphatic carbocycles. The molecule has 0 spiro atoms. The molecule has 1 aliphatic heterocycles. The van der Waals surface area contributed by atoms with Gasteiger partial charge in [0.2, 0.25) is 0 Å². The van der Waals surface area contributed by atoms with Crippen molar-refractivity contribution >= 4 is 17.9 Å². The Morgan fingerprint density at radius 1 is 0.583 bits per heavy atom. The molecule has 4 rings (SSSR count). The SMILES string of the molecule is CO[C@@H]1O[C@@H](C)[C@H](OC(=O)c2ccccc2)[C@H](OC(=O)c2ccccc2)[C@@H]1OC(=O)c1ccccc1. The first-order valence-corrected chi connectivity index (χ1v) is 11.4. The number of carbonyl (C=O) groups is 3. The van der Waals surface area contributed by atoms with Crippen LogP contribution in [0.3, 0.4) is 0 Å². The Morgan fingerprint density at radius 3 is 1.33 bits per heavy atom. The lowest BCUT2D eigenvalue weighted by Crippen LogP contribution is -2.61. The number of methoxy groups -OCH3 is 1. The first kappa shape index (κ1) is 25.1. The van der Waals surface area contributed by atoms with E-state index < -0.39 is 48.6 Å². The molecule has 0 amide bonds. The molecule has 0 saturated carbocycles. The van der Waals surface area contributed by atoms with Gasteiger partial charge in [0.25, 0.3) is 0 Å². The number of hydrogen-bond acceptors (Lipinski definition) is 8. The summed E-state index contributed by atoms with van der Waals surface area (Å²) in [5.41, 5.74) is 0.883. The van der Waals surface area contributed by atoms with Crippen LogP contribution in [0, 0.1) is 0 Å². The monoisotopic (exact) mass is 490 g/mol. The minimum atomic E-state index is -1.22. The topological polar surface area (TPSA) is 97.4 Å².